The van der Waals surface area contributed by atoms with Gasteiger partial charge < -0.3 is 0 Å². The zero-order valence-electron chi connectivity index (χ0n) is 6.41. The van der Waals surface area contributed by atoms with E-state index in [0.29, 0.717) is 0 Å². The lowest BCUT2D eigenvalue weighted by molar-refractivity contribution is 0.182. The molecule has 11 heavy (non-hydrogen) atoms. The molecule has 1 aromatic heterocycles. The molecule has 0 saturated heterocycles. The fourth-order valence-corrected chi connectivity index (χ4v) is 1.20. The third kappa shape index (κ3) is 1.91. The number of hydrogen-bond acceptors (Lipinski definition) is 3. The van der Waals surface area contributed by atoms with E-state index in [9.17, 15) is 0 Å². The van der Waals surface area contributed by atoms with E-state index >= 15 is 0 Å². The predicted molar refractivity (Wildman–Crippen MR) is 47.3 cm³/mol. The lowest BCUT2D eigenvalue weighted by Gasteiger charge is -2.15. The Hall–Kier alpha value is -0.610. The van der Waals surface area contributed by atoms with Crippen LogP contribution in [0.5, 0.6) is 0 Å². The number of nitrogens with zero attached hydrogens (tertiary/aromatic N) is 2. The highest BCUT2D eigenvalue weighted by atomic mass is 79.9. The molecule has 0 aromatic carbocycles. The van der Waals surface area contributed by atoms with Gasteiger partial charge in [-0.1, -0.05) is 0 Å². The van der Waals surface area contributed by atoms with Crippen molar-refractivity contribution in [2.45, 2.75) is 0 Å². The third-order valence-corrected chi connectivity index (χ3v) is 1.93. The summed E-state index contributed by atoms with van der Waals surface area (Å²) in [6.45, 7) is 0. The molecule has 0 aliphatic carbocycles. The molecule has 60 valence electrons. The fraction of sp³-hybridized carbons (Fsp3) is 0.286. The number of aromatic nitrogens is 1. The monoisotopic (exact) mass is 216 g/mol. The van der Waals surface area contributed by atoms with Gasteiger partial charge in [0.2, 0.25) is 0 Å². The van der Waals surface area contributed by atoms with Gasteiger partial charge in [-0.2, -0.15) is 0 Å². The summed E-state index contributed by atoms with van der Waals surface area (Å²) in [6, 6.07) is 3.77. The highest BCUT2D eigenvalue weighted by Crippen LogP contribution is 2.21. The van der Waals surface area contributed by atoms with Crippen molar-refractivity contribution in [1.82, 2.24) is 4.98 Å². The number of hydroxylamine groups is 1. The van der Waals surface area contributed by atoms with Crippen LogP contribution in [0.1, 0.15) is 0 Å². The average Bonchev–Trinajstić information content (AvgIpc) is 2.04. The highest BCUT2D eigenvalue weighted by Gasteiger charge is 2.03. The number of anilines is 1. The minimum absolute atomic E-state index is 0.773. The summed E-state index contributed by atoms with van der Waals surface area (Å²) in [5.74, 6) is 0.773. The lowest BCUT2D eigenvalue weighted by atomic mass is 10.5. The van der Waals surface area contributed by atoms with Crippen molar-refractivity contribution < 1.29 is 4.84 Å². The van der Waals surface area contributed by atoms with Gasteiger partial charge >= 0.3 is 0 Å². The maximum Gasteiger partial charge on any atom is 0.166 e. The zero-order valence-corrected chi connectivity index (χ0v) is 8.00. The molecular weight excluding hydrogens is 208 g/mol. The highest BCUT2D eigenvalue weighted by molar-refractivity contribution is 9.10. The zero-order chi connectivity index (χ0) is 8.27. The molecule has 0 fully saturated rings. The Morgan fingerprint density at radius 3 is 2.91 bits per heavy atom. The van der Waals surface area contributed by atoms with Crippen molar-refractivity contribution in [2.24, 2.45) is 0 Å². The van der Waals surface area contributed by atoms with Gasteiger partial charge in [-0.3, -0.25) is 4.84 Å². The summed E-state index contributed by atoms with van der Waals surface area (Å²) < 4.78 is 0.921. The van der Waals surface area contributed by atoms with Gasteiger partial charge in [0.05, 0.1) is 11.6 Å². The fourth-order valence-electron chi connectivity index (χ4n) is 0.696. The van der Waals surface area contributed by atoms with Crippen LogP contribution in [0.15, 0.2) is 22.8 Å². The second-order valence-electron chi connectivity index (χ2n) is 1.99. The van der Waals surface area contributed by atoms with Gasteiger partial charge in [0, 0.05) is 13.2 Å². The van der Waals surface area contributed by atoms with Crippen LogP contribution in [0, 0.1) is 0 Å². The molecule has 0 aliphatic heterocycles. The van der Waals surface area contributed by atoms with E-state index in [1.54, 1.807) is 25.4 Å². The van der Waals surface area contributed by atoms with E-state index in [4.69, 9.17) is 4.84 Å². The number of pyridine rings is 1. The first-order valence-electron chi connectivity index (χ1n) is 3.14. The van der Waals surface area contributed by atoms with Crippen LogP contribution in [-0.2, 0) is 4.84 Å². The van der Waals surface area contributed by atoms with Crippen LogP contribution in [0.3, 0.4) is 0 Å². The Labute approximate surface area is 74.1 Å². The van der Waals surface area contributed by atoms with Gasteiger partial charge in [0.15, 0.2) is 5.82 Å². The van der Waals surface area contributed by atoms with E-state index in [0.717, 1.165) is 10.3 Å². The van der Waals surface area contributed by atoms with Crippen LogP contribution in [0.25, 0.3) is 0 Å². The standard InChI is InChI=1S/C7H9BrN2O/c1-10(11-2)7-6(8)4-3-5-9-7/h3-5H,1-2H3. The van der Waals surface area contributed by atoms with Crippen LogP contribution >= 0.6 is 15.9 Å². The summed E-state index contributed by atoms with van der Waals surface area (Å²) in [7, 11) is 3.40. The molecular formula is C7H9BrN2O. The van der Waals surface area contributed by atoms with Crippen molar-refractivity contribution >= 4 is 21.7 Å². The number of halogens is 1. The van der Waals surface area contributed by atoms with Crippen molar-refractivity contribution in [3.63, 3.8) is 0 Å². The Kier molecular flexibility index (Phi) is 2.84. The molecule has 0 spiro atoms. The summed E-state index contributed by atoms with van der Waals surface area (Å²) in [4.78, 5) is 9.06. The molecule has 0 aliphatic rings. The quantitative estimate of drug-likeness (QED) is 0.706. The molecule has 1 aromatic rings. The summed E-state index contributed by atoms with van der Waals surface area (Å²) in [5.41, 5.74) is 0. The number of rotatable bonds is 2. The van der Waals surface area contributed by atoms with E-state index in [1.807, 2.05) is 12.1 Å². The summed E-state index contributed by atoms with van der Waals surface area (Å²) in [6.07, 6.45) is 1.72. The van der Waals surface area contributed by atoms with Crippen LogP contribution in [0.2, 0.25) is 0 Å². The Balaban J connectivity index is 2.93. The van der Waals surface area contributed by atoms with Gasteiger partial charge in [0.1, 0.15) is 0 Å². The molecule has 1 rings (SSSR count). The molecule has 3 nitrogen and oxygen atoms in total. The van der Waals surface area contributed by atoms with E-state index in [-0.39, 0.29) is 0 Å². The molecule has 0 unspecified atom stereocenters. The van der Waals surface area contributed by atoms with Crippen molar-refractivity contribution in [2.75, 3.05) is 19.2 Å². The normalized spacial score (nSPS) is 9.73. The Morgan fingerprint density at radius 1 is 1.64 bits per heavy atom. The molecule has 0 radical (unpaired) electrons. The Bertz CT molecular complexity index is 242. The molecule has 1 heterocycles. The largest absolute Gasteiger partial charge is 0.276 e. The minimum Gasteiger partial charge on any atom is -0.276 e. The SMILES string of the molecule is CON(C)c1ncccc1Br. The lowest BCUT2D eigenvalue weighted by Crippen LogP contribution is -2.16. The molecule has 0 N–H and O–H groups in total. The minimum atomic E-state index is 0.773. The molecule has 0 atom stereocenters. The van der Waals surface area contributed by atoms with Crippen LogP contribution < -0.4 is 5.06 Å². The molecule has 0 saturated carbocycles. The van der Waals surface area contributed by atoms with Gasteiger partial charge in [-0.05, 0) is 28.1 Å². The average molecular weight is 217 g/mol. The van der Waals surface area contributed by atoms with Crippen molar-refractivity contribution in [1.29, 1.82) is 0 Å². The first kappa shape index (κ1) is 8.49. The first-order chi connectivity index (χ1) is 5.25. The van der Waals surface area contributed by atoms with Gasteiger partial charge in [-0.15, -0.1) is 0 Å². The molecule has 4 heteroatoms. The van der Waals surface area contributed by atoms with Crippen molar-refractivity contribution in [3.05, 3.63) is 22.8 Å². The van der Waals surface area contributed by atoms with E-state index in [2.05, 4.69) is 20.9 Å². The van der Waals surface area contributed by atoms with Crippen LogP contribution in [0.4, 0.5) is 5.82 Å². The number of hydrogen-bond donors (Lipinski definition) is 0. The van der Waals surface area contributed by atoms with E-state index in [1.165, 1.54) is 0 Å². The first-order valence-corrected chi connectivity index (χ1v) is 3.93. The summed E-state index contributed by atoms with van der Waals surface area (Å²) >= 11 is 3.35. The van der Waals surface area contributed by atoms with E-state index < -0.39 is 0 Å². The smallest absolute Gasteiger partial charge is 0.166 e. The molecule has 0 amide bonds. The second kappa shape index (κ2) is 3.69. The summed E-state index contributed by atoms with van der Waals surface area (Å²) in [5, 5.41) is 1.59. The second-order valence-corrected chi connectivity index (χ2v) is 2.84. The predicted octanol–water partition coefficient (Wildman–Crippen LogP) is 1.84. The topological polar surface area (TPSA) is 25.4 Å². The maximum atomic E-state index is 4.96. The maximum absolute atomic E-state index is 4.96. The Morgan fingerprint density at radius 2 is 2.36 bits per heavy atom. The molecule has 0 bridgehead atoms. The third-order valence-electron chi connectivity index (χ3n) is 1.31. The van der Waals surface area contributed by atoms with Crippen LogP contribution in [-0.4, -0.2) is 19.1 Å². The van der Waals surface area contributed by atoms with Gasteiger partial charge in [-0.25, -0.2) is 10.0 Å². The van der Waals surface area contributed by atoms with Crippen molar-refractivity contribution in [3.8, 4) is 0 Å². The van der Waals surface area contributed by atoms with Gasteiger partial charge in [0.25, 0.3) is 0 Å².